The number of nitrogens with one attached hydrogen (secondary N) is 3. The van der Waals surface area contributed by atoms with Crippen molar-refractivity contribution in [2.24, 2.45) is 10.9 Å². The molecule has 8 heteroatoms. The van der Waals surface area contributed by atoms with Gasteiger partial charge in [-0.2, -0.15) is 0 Å². The Kier molecular flexibility index (Phi) is 9.29. The molecule has 7 nitrogen and oxygen atoms in total. The van der Waals surface area contributed by atoms with Gasteiger partial charge in [-0.15, -0.1) is 24.0 Å². The Morgan fingerprint density at radius 1 is 1.06 bits per heavy atom. The molecule has 1 aromatic heterocycles. The zero-order valence-electron chi connectivity index (χ0n) is 18.7. The summed E-state index contributed by atoms with van der Waals surface area (Å²) in [6.07, 6.45) is 5.94. The number of hydrogen-bond donors (Lipinski definition) is 3. The van der Waals surface area contributed by atoms with Gasteiger partial charge in [0.2, 0.25) is 11.8 Å². The lowest BCUT2D eigenvalue weighted by molar-refractivity contribution is -0.119. The predicted molar refractivity (Wildman–Crippen MR) is 141 cm³/mol. The number of carbonyl (C=O) groups excluding carboxylic acids is 1. The van der Waals surface area contributed by atoms with Crippen LogP contribution in [0.1, 0.15) is 36.9 Å². The Balaban J connectivity index is 0.00000306. The van der Waals surface area contributed by atoms with E-state index in [9.17, 15) is 4.79 Å². The molecule has 0 unspecified atom stereocenters. The second kappa shape index (κ2) is 12.4. The van der Waals surface area contributed by atoms with Crippen molar-refractivity contribution in [3.63, 3.8) is 0 Å². The second-order valence-corrected chi connectivity index (χ2v) is 7.96. The minimum Gasteiger partial charge on any atom is -0.444 e. The van der Waals surface area contributed by atoms with Crippen molar-refractivity contribution in [3.8, 4) is 11.5 Å². The molecule has 3 aromatic rings. The summed E-state index contributed by atoms with van der Waals surface area (Å²) in [6, 6.07) is 17.7. The number of halogens is 1. The second-order valence-electron chi connectivity index (χ2n) is 7.96. The maximum absolute atomic E-state index is 12.4. The van der Waals surface area contributed by atoms with Crippen LogP contribution >= 0.6 is 24.0 Å². The molecule has 0 bridgehead atoms. The molecule has 1 aliphatic carbocycles. The molecular formula is C25H30IN5O2. The first-order chi connectivity index (χ1) is 15.7. The minimum absolute atomic E-state index is 0. The first-order valence-electron chi connectivity index (χ1n) is 11.1. The molecule has 33 heavy (non-hydrogen) atoms. The number of amides is 1. The smallest absolute Gasteiger partial charge is 0.227 e. The van der Waals surface area contributed by atoms with E-state index in [0.29, 0.717) is 24.9 Å². The number of guanidine groups is 1. The van der Waals surface area contributed by atoms with Gasteiger partial charge in [0.15, 0.2) is 5.96 Å². The Labute approximate surface area is 211 Å². The average molecular weight is 559 g/mol. The molecule has 0 spiro atoms. The van der Waals surface area contributed by atoms with Crippen molar-refractivity contribution in [3.05, 3.63) is 72.1 Å². The lowest BCUT2D eigenvalue weighted by Gasteiger charge is -2.13. The van der Waals surface area contributed by atoms with E-state index < -0.39 is 0 Å². The van der Waals surface area contributed by atoms with Gasteiger partial charge in [0.1, 0.15) is 6.26 Å². The Morgan fingerprint density at radius 2 is 1.82 bits per heavy atom. The van der Waals surface area contributed by atoms with E-state index >= 15 is 0 Å². The number of oxazole rings is 1. The van der Waals surface area contributed by atoms with Crippen LogP contribution in [-0.4, -0.2) is 23.9 Å². The molecule has 1 aliphatic rings. The fourth-order valence-electron chi connectivity index (χ4n) is 3.87. The fraction of sp³-hybridized carbons (Fsp3) is 0.320. The van der Waals surface area contributed by atoms with Crippen LogP contribution in [0.4, 0.5) is 5.69 Å². The Hall–Kier alpha value is -2.88. The standard InChI is InChI=1S/C25H29N5O2.HI/c1-26-25(28-16-22-17-32-24(30-22)20-11-3-2-4-12-20)27-15-18-8-7-13-21(14-18)29-23(31)19-9-5-6-10-19;/h2-4,7-8,11-14,17,19H,5-6,9-10,15-16H2,1H3,(H,29,31)(H2,26,27,28);1H. The zero-order chi connectivity index (χ0) is 22.2. The largest absolute Gasteiger partial charge is 0.444 e. The van der Waals surface area contributed by atoms with Gasteiger partial charge in [0.25, 0.3) is 0 Å². The Morgan fingerprint density at radius 3 is 2.58 bits per heavy atom. The van der Waals surface area contributed by atoms with Crippen molar-refractivity contribution in [1.29, 1.82) is 0 Å². The maximum Gasteiger partial charge on any atom is 0.227 e. The van der Waals surface area contributed by atoms with Gasteiger partial charge in [-0.3, -0.25) is 9.79 Å². The van der Waals surface area contributed by atoms with Crippen LogP contribution in [-0.2, 0) is 17.9 Å². The number of hydrogen-bond acceptors (Lipinski definition) is 4. The maximum atomic E-state index is 12.4. The molecule has 1 amide bonds. The first-order valence-corrected chi connectivity index (χ1v) is 11.1. The van der Waals surface area contributed by atoms with Crippen LogP contribution in [0.2, 0.25) is 0 Å². The van der Waals surface area contributed by atoms with E-state index in [4.69, 9.17) is 4.42 Å². The van der Waals surface area contributed by atoms with Gasteiger partial charge in [-0.05, 0) is 42.7 Å². The molecule has 3 N–H and O–H groups in total. The average Bonchev–Trinajstić information content (AvgIpc) is 3.53. The van der Waals surface area contributed by atoms with Gasteiger partial charge < -0.3 is 20.4 Å². The van der Waals surface area contributed by atoms with Crippen molar-refractivity contribution < 1.29 is 9.21 Å². The number of carbonyl (C=O) groups is 1. The van der Waals surface area contributed by atoms with E-state index in [1.165, 1.54) is 0 Å². The van der Waals surface area contributed by atoms with Gasteiger partial charge >= 0.3 is 0 Å². The van der Waals surface area contributed by atoms with Crippen LogP contribution in [0.5, 0.6) is 0 Å². The molecule has 0 saturated heterocycles. The molecule has 0 atom stereocenters. The summed E-state index contributed by atoms with van der Waals surface area (Å²) in [5.74, 6) is 1.54. The third kappa shape index (κ3) is 7.05. The number of benzene rings is 2. The van der Waals surface area contributed by atoms with Crippen molar-refractivity contribution >= 4 is 41.5 Å². The van der Waals surface area contributed by atoms with Gasteiger partial charge in [-0.1, -0.05) is 43.2 Å². The highest BCUT2D eigenvalue weighted by molar-refractivity contribution is 14.0. The predicted octanol–water partition coefficient (Wildman–Crippen LogP) is 4.95. The highest BCUT2D eigenvalue weighted by atomic mass is 127. The van der Waals surface area contributed by atoms with E-state index in [-0.39, 0.29) is 35.8 Å². The third-order valence-electron chi connectivity index (χ3n) is 5.61. The number of aliphatic imine (C=N–C) groups is 1. The number of rotatable bonds is 7. The highest BCUT2D eigenvalue weighted by Gasteiger charge is 2.22. The molecule has 4 rings (SSSR count). The monoisotopic (exact) mass is 559 g/mol. The van der Waals surface area contributed by atoms with Crippen molar-refractivity contribution in [2.75, 3.05) is 12.4 Å². The lowest BCUT2D eigenvalue weighted by Crippen LogP contribution is -2.36. The summed E-state index contributed by atoms with van der Waals surface area (Å²) in [5.41, 5.74) is 3.63. The summed E-state index contributed by atoms with van der Waals surface area (Å²) in [5, 5.41) is 9.61. The molecule has 0 radical (unpaired) electrons. The highest BCUT2D eigenvalue weighted by Crippen LogP contribution is 2.26. The van der Waals surface area contributed by atoms with Gasteiger partial charge in [-0.25, -0.2) is 4.98 Å². The normalized spacial score (nSPS) is 13.9. The fourth-order valence-corrected chi connectivity index (χ4v) is 3.87. The number of anilines is 1. The van der Waals surface area contributed by atoms with E-state index in [1.807, 2.05) is 54.6 Å². The molecule has 0 aliphatic heterocycles. The molecule has 1 saturated carbocycles. The minimum atomic E-state index is 0. The van der Waals surface area contributed by atoms with Crippen LogP contribution in [0.15, 0.2) is 70.3 Å². The first kappa shape index (κ1) is 24.8. The zero-order valence-corrected chi connectivity index (χ0v) is 21.0. The molecular weight excluding hydrogens is 529 g/mol. The van der Waals surface area contributed by atoms with Crippen LogP contribution in [0.25, 0.3) is 11.5 Å². The van der Waals surface area contributed by atoms with E-state index in [0.717, 1.165) is 48.2 Å². The van der Waals surface area contributed by atoms with E-state index in [2.05, 4.69) is 25.9 Å². The molecule has 2 aromatic carbocycles. The van der Waals surface area contributed by atoms with Crippen LogP contribution in [0.3, 0.4) is 0 Å². The summed E-state index contributed by atoms with van der Waals surface area (Å²) in [6.45, 7) is 1.08. The number of aromatic nitrogens is 1. The van der Waals surface area contributed by atoms with Crippen LogP contribution in [0, 0.1) is 5.92 Å². The third-order valence-corrected chi connectivity index (χ3v) is 5.61. The summed E-state index contributed by atoms with van der Waals surface area (Å²) in [4.78, 5) is 21.2. The Bertz CT molecular complexity index is 1060. The summed E-state index contributed by atoms with van der Waals surface area (Å²) >= 11 is 0. The SMILES string of the molecule is CN=C(NCc1cccc(NC(=O)C2CCCC2)c1)NCc1coc(-c2ccccc2)n1.I. The number of nitrogens with zero attached hydrogens (tertiary/aromatic N) is 2. The molecule has 174 valence electrons. The molecule has 1 fully saturated rings. The van der Waals surface area contributed by atoms with Crippen molar-refractivity contribution in [2.45, 2.75) is 38.8 Å². The van der Waals surface area contributed by atoms with Gasteiger partial charge in [0, 0.05) is 30.8 Å². The summed E-state index contributed by atoms with van der Waals surface area (Å²) in [7, 11) is 1.73. The van der Waals surface area contributed by atoms with Gasteiger partial charge in [0.05, 0.1) is 12.2 Å². The lowest BCUT2D eigenvalue weighted by atomic mass is 10.1. The topological polar surface area (TPSA) is 91.5 Å². The molecule has 1 heterocycles. The van der Waals surface area contributed by atoms with Crippen LogP contribution < -0.4 is 16.0 Å². The van der Waals surface area contributed by atoms with E-state index in [1.54, 1.807) is 13.3 Å². The quantitative estimate of drug-likeness (QED) is 0.217. The summed E-state index contributed by atoms with van der Waals surface area (Å²) < 4.78 is 5.58. The van der Waals surface area contributed by atoms with Crippen molar-refractivity contribution in [1.82, 2.24) is 15.6 Å².